The maximum absolute atomic E-state index is 12.4. The van der Waals surface area contributed by atoms with Gasteiger partial charge in [-0.1, -0.05) is 30.3 Å². The number of benzene rings is 1. The maximum atomic E-state index is 12.4. The second kappa shape index (κ2) is 8.36. The Kier molecular flexibility index (Phi) is 6.47. The molecule has 1 aromatic rings. The van der Waals surface area contributed by atoms with E-state index in [1.54, 1.807) is 4.90 Å². The molecule has 6 heteroatoms. The van der Waals surface area contributed by atoms with Crippen LogP contribution in [-0.2, 0) is 11.2 Å². The maximum Gasteiger partial charge on any atom is 0.255 e. The molecule has 1 aliphatic rings. The van der Waals surface area contributed by atoms with Gasteiger partial charge >= 0.3 is 0 Å². The normalized spacial score (nSPS) is 21.9. The zero-order valence-corrected chi connectivity index (χ0v) is 13.2. The summed E-state index contributed by atoms with van der Waals surface area (Å²) in [5, 5.41) is 12.9. The highest BCUT2D eigenvalue weighted by Gasteiger charge is 2.41. The predicted octanol–water partition coefficient (Wildman–Crippen LogP) is 1.83. The lowest BCUT2D eigenvalue weighted by Gasteiger charge is -2.38. The molecule has 1 aromatic carbocycles. The average molecular weight is 326 g/mol. The second-order valence-corrected chi connectivity index (χ2v) is 6.04. The highest BCUT2D eigenvalue weighted by molar-refractivity contribution is 5.86. The fraction of sp³-hybridized carbons (Fsp3) is 0.588. The smallest absolute Gasteiger partial charge is 0.255 e. The van der Waals surface area contributed by atoms with Gasteiger partial charge in [-0.05, 0) is 31.2 Å². The van der Waals surface area contributed by atoms with Crippen molar-refractivity contribution in [3.05, 3.63) is 35.9 Å². The molecule has 0 unspecified atom stereocenters. The van der Waals surface area contributed by atoms with Gasteiger partial charge in [0.1, 0.15) is 0 Å². The Morgan fingerprint density at radius 3 is 2.74 bits per heavy atom. The molecule has 0 aliphatic carbocycles. The molecule has 1 aliphatic heterocycles. The van der Waals surface area contributed by atoms with Crippen molar-refractivity contribution < 1.29 is 18.7 Å². The van der Waals surface area contributed by atoms with Crippen LogP contribution in [0.25, 0.3) is 0 Å². The third-order valence-corrected chi connectivity index (χ3v) is 4.16. The van der Waals surface area contributed by atoms with Crippen LogP contribution in [0.2, 0.25) is 0 Å². The molecule has 128 valence electrons. The number of hydrogen-bond donors (Lipinski definition) is 2. The van der Waals surface area contributed by atoms with Crippen LogP contribution in [0.15, 0.2) is 30.3 Å². The van der Waals surface area contributed by atoms with Gasteiger partial charge < -0.3 is 15.3 Å². The van der Waals surface area contributed by atoms with Crippen molar-refractivity contribution in [1.29, 1.82) is 0 Å². The molecule has 2 N–H and O–H groups in total. The summed E-state index contributed by atoms with van der Waals surface area (Å²) in [6.07, 6.45) is 0.198. The van der Waals surface area contributed by atoms with E-state index in [0.29, 0.717) is 25.9 Å². The highest BCUT2D eigenvalue weighted by Crippen LogP contribution is 2.22. The number of aryl methyl sites for hydroxylation is 1. The van der Waals surface area contributed by atoms with Crippen LogP contribution in [0.4, 0.5) is 8.78 Å². The summed E-state index contributed by atoms with van der Waals surface area (Å²) in [4.78, 5) is 14.1. The molecule has 4 nitrogen and oxygen atoms in total. The van der Waals surface area contributed by atoms with Gasteiger partial charge in [0.25, 0.3) is 12.3 Å². The van der Waals surface area contributed by atoms with E-state index in [9.17, 15) is 18.7 Å². The number of aliphatic hydroxyl groups is 1. The Morgan fingerprint density at radius 1 is 1.30 bits per heavy atom. The first kappa shape index (κ1) is 17.8. The lowest BCUT2D eigenvalue weighted by molar-refractivity contribution is -0.156. The van der Waals surface area contributed by atoms with Gasteiger partial charge in [-0.15, -0.1) is 0 Å². The lowest BCUT2D eigenvalue weighted by Crippen LogP contribution is -2.58. The highest BCUT2D eigenvalue weighted by atomic mass is 19.3. The zero-order chi connectivity index (χ0) is 16.7. The number of halogens is 2. The van der Waals surface area contributed by atoms with Crippen molar-refractivity contribution in [3.8, 4) is 0 Å². The number of piperidine rings is 1. The molecule has 2 rings (SSSR count). The fourth-order valence-corrected chi connectivity index (χ4v) is 2.95. The molecule has 1 fully saturated rings. The van der Waals surface area contributed by atoms with Crippen LogP contribution in [0.1, 0.15) is 24.8 Å². The predicted molar refractivity (Wildman–Crippen MR) is 84.4 cm³/mol. The van der Waals surface area contributed by atoms with Crippen molar-refractivity contribution in [2.75, 3.05) is 26.2 Å². The summed E-state index contributed by atoms with van der Waals surface area (Å²) in [5.41, 5.74) is -0.342. The first-order valence-corrected chi connectivity index (χ1v) is 8.06. The Hall–Kier alpha value is -1.53. The van der Waals surface area contributed by atoms with Crippen LogP contribution in [0.5, 0.6) is 0 Å². The van der Waals surface area contributed by atoms with Crippen LogP contribution in [0.3, 0.4) is 0 Å². The van der Waals surface area contributed by atoms with Gasteiger partial charge in [-0.25, -0.2) is 8.78 Å². The molecule has 0 radical (unpaired) electrons. The van der Waals surface area contributed by atoms with E-state index in [4.69, 9.17) is 0 Å². The van der Waals surface area contributed by atoms with Crippen molar-refractivity contribution in [2.24, 2.45) is 0 Å². The molecule has 1 saturated heterocycles. The number of amides is 1. The number of nitrogens with one attached hydrogen (secondary N) is 1. The summed E-state index contributed by atoms with van der Waals surface area (Å²) in [6.45, 7) is 0.560. The first-order valence-electron chi connectivity index (χ1n) is 8.06. The van der Waals surface area contributed by atoms with Crippen molar-refractivity contribution in [2.45, 2.75) is 37.7 Å². The number of nitrogens with zero attached hydrogens (tertiary/aromatic N) is 1. The summed E-state index contributed by atoms with van der Waals surface area (Å²) in [6, 6.07) is 10.0. The third-order valence-electron chi connectivity index (χ3n) is 4.16. The van der Waals surface area contributed by atoms with E-state index in [1.807, 2.05) is 30.3 Å². The van der Waals surface area contributed by atoms with Crippen molar-refractivity contribution >= 4 is 5.91 Å². The number of carbonyl (C=O) groups excluding carboxylic acids is 1. The monoisotopic (exact) mass is 326 g/mol. The number of carbonyl (C=O) groups is 1. The first-order chi connectivity index (χ1) is 11.0. The van der Waals surface area contributed by atoms with Crippen molar-refractivity contribution in [1.82, 2.24) is 10.2 Å². The van der Waals surface area contributed by atoms with Gasteiger partial charge in [0.15, 0.2) is 5.60 Å². The minimum atomic E-state index is -2.49. The quantitative estimate of drug-likeness (QED) is 0.766. The summed E-state index contributed by atoms with van der Waals surface area (Å²) < 4.78 is 24.4. The van der Waals surface area contributed by atoms with Gasteiger partial charge in [0.05, 0.1) is 6.54 Å². The van der Waals surface area contributed by atoms with Gasteiger partial charge in [-0.2, -0.15) is 0 Å². The Balaban J connectivity index is 1.81. The minimum Gasteiger partial charge on any atom is -0.379 e. The summed E-state index contributed by atoms with van der Waals surface area (Å²) >= 11 is 0. The molecule has 1 atom stereocenters. The molecule has 0 saturated carbocycles. The van der Waals surface area contributed by atoms with E-state index in [-0.39, 0.29) is 12.5 Å². The van der Waals surface area contributed by atoms with E-state index in [1.165, 1.54) is 5.56 Å². The largest absolute Gasteiger partial charge is 0.379 e. The van der Waals surface area contributed by atoms with E-state index in [2.05, 4.69) is 5.32 Å². The fourth-order valence-electron chi connectivity index (χ4n) is 2.95. The third kappa shape index (κ3) is 5.25. The van der Waals surface area contributed by atoms with E-state index >= 15 is 0 Å². The van der Waals surface area contributed by atoms with Crippen molar-refractivity contribution in [3.63, 3.8) is 0 Å². The molecule has 1 amide bonds. The molecular formula is C17H24F2N2O2. The Bertz CT molecular complexity index is 499. The number of alkyl halides is 2. The number of likely N-dealkylation sites (tertiary alicyclic amines) is 1. The van der Waals surface area contributed by atoms with Crippen LogP contribution in [-0.4, -0.2) is 54.1 Å². The van der Waals surface area contributed by atoms with Gasteiger partial charge in [0.2, 0.25) is 0 Å². The Morgan fingerprint density at radius 2 is 2.04 bits per heavy atom. The standard InChI is InChI=1S/C17H24F2N2O2/c18-15(19)12-20-13-17(23)9-5-11-21(16(17)22)10-4-8-14-6-2-1-3-7-14/h1-3,6-7,15,20,23H,4-5,8-13H2/t17-/m0/s1. The van der Waals surface area contributed by atoms with Crippen LogP contribution in [0, 0.1) is 0 Å². The average Bonchev–Trinajstić information content (AvgIpc) is 2.52. The van der Waals surface area contributed by atoms with Gasteiger partial charge in [0, 0.05) is 19.6 Å². The van der Waals surface area contributed by atoms with E-state index < -0.39 is 18.6 Å². The van der Waals surface area contributed by atoms with Gasteiger partial charge in [-0.3, -0.25) is 4.79 Å². The summed E-state index contributed by atoms with van der Waals surface area (Å²) in [7, 11) is 0. The second-order valence-electron chi connectivity index (χ2n) is 6.04. The van der Waals surface area contributed by atoms with E-state index in [0.717, 1.165) is 12.8 Å². The molecule has 0 spiro atoms. The lowest BCUT2D eigenvalue weighted by atomic mass is 9.91. The minimum absolute atomic E-state index is 0.120. The zero-order valence-electron chi connectivity index (χ0n) is 13.2. The molecular weight excluding hydrogens is 302 g/mol. The molecule has 1 heterocycles. The number of rotatable bonds is 8. The molecule has 23 heavy (non-hydrogen) atoms. The molecule has 0 aromatic heterocycles. The topological polar surface area (TPSA) is 52.6 Å². The molecule has 0 bridgehead atoms. The Labute approximate surface area is 135 Å². The summed E-state index contributed by atoms with van der Waals surface area (Å²) in [5.74, 6) is -0.349. The van der Waals surface area contributed by atoms with Crippen LogP contribution >= 0.6 is 0 Å². The van der Waals surface area contributed by atoms with Crippen LogP contribution < -0.4 is 5.32 Å². The SMILES string of the molecule is O=C1N(CCCc2ccccc2)CCC[C@]1(O)CNCC(F)F. The number of hydrogen-bond acceptors (Lipinski definition) is 3.